The summed E-state index contributed by atoms with van der Waals surface area (Å²) in [5, 5.41) is 2.77. The molecule has 0 aromatic carbocycles. The minimum atomic E-state index is -0.349. The Bertz CT molecular complexity index is 830. The molecule has 23 heavy (non-hydrogen) atoms. The van der Waals surface area contributed by atoms with Crippen LogP contribution >= 0.6 is 0 Å². The van der Waals surface area contributed by atoms with E-state index in [9.17, 15) is 4.79 Å². The third-order valence-corrected chi connectivity index (χ3v) is 3.34. The van der Waals surface area contributed by atoms with Crippen molar-refractivity contribution in [3.8, 4) is 11.6 Å². The molecule has 0 aliphatic rings. The SMILES string of the molecule is Cc1cccnc1CNC(=O)c1cnc(-c2ccco2)nc1N. The molecule has 0 saturated carbocycles. The zero-order valence-electron chi connectivity index (χ0n) is 12.5. The number of nitrogen functional groups attached to an aromatic ring is 1. The van der Waals surface area contributed by atoms with Gasteiger partial charge in [0.25, 0.3) is 5.91 Å². The van der Waals surface area contributed by atoms with Gasteiger partial charge < -0.3 is 15.5 Å². The normalized spacial score (nSPS) is 10.5. The Hall–Kier alpha value is -3.22. The van der Waals surface area contributed by atoms with E-state index >= 15 is 0 Å². The van der Waals surface area contributed by atoms with E-state index in [1.54, 1.807) is 18.3 Å². The first kappa shape index (κ1) is 14.7. The first-order valence-electron chi connectivity index (χ1n) is 7.00. The van der Waals surface area contributed by atoms with Gasteiger partial charge in [-0.3, -0.25) is 9.78 Å². The molecule has 0 fully saturated rings. The molecular formula is C16H15N5O2. The van der Waals surface area contributed by atoms with E-state index in [2.05, 4.69) is 20.3 Å². The van der Waals surface area contributed by atoms with Gasteiger partial charge in [-0.1, -0.05) is 6.07 Å². The quantitative estimate of drug-likeness (QED) is 0.763. The molecule has 7 nitrogen and oxygen atoms in total. The number of furan rings is 1. The summed E-state index contributed by atoms with van der Waals surface area (Å²) in [5.41, 5.74) is 7.88. The van der Waals surface area contributed by atoms with Crippen LogP contribution in [0.25, 0.3) is 11.6 Å². The number of nitrogens with zero attached hydrogens (tertiary/aromatic N) is 3. The fourth-order valence-corrected chi connectivity index (χ4v) is 2.06. The van der Waals surface area contributed by atoms with Crippen LogP contribution < -0.4 is 11.1 Å². The number of nitrogens with one attached hydrogen (secondary N) is 1. The van der Waals surface area contributed by atoms with Crippen molar-refractivity contribution in [2.75, 3.05) is 5.73 Å². The lowest BCUT2D eigenvalue weighted by Crippen LogP contribution is -2.25. The molecule has 0 spiro atoms. The van der Waals surface area contributed by atoms with Crippen LogP contribution in [0.2, 0.25) is 0 Å². The number of rotatable bonds is 4. The summed E-state index contributed by atoms with van der Waals surface area (Å²) in [5.74, 6) is 0.581. The van der Waals surface area contributed by atoms with Crippen LogP contribution in [0, 0.1) is 6.92 Å². The number of anilines is 1. The number of carbonyl (C=O) groups is 1. The second-order valence-corrected chi connectivity index (χ2v) is 4.92. The van der Waals surface area contributed by atoms with E-state index < -0.39 is 0 Å². The standard InChI is InChI=1S/C16H15N5O2/c1-10-4-2-6-18-12(10)9-20-16(22)11-8-19-15(21-14(11)17)13-5-3-7-23-13/h2-8H,9H2,1H3,(H,20,22)(H2,17,19,21). The van der Waals surface area contributed by atoms with Crippen molar-refractivity contribution in [2.45, 2.75) is 13.5 Å². The Kier molecular flexibility index (Phi) is 4.01. The molecule has 116 valence electrons. The van der Waals surface area contributed by atoms with E-state index in [0.29, 0.717) is 18.1 Å². The van der Waals surface area contributed by atoms with Gasteiger partial charge in [0, 0.05) is 12.4 Å². The zero-order chi connectivity index (χ0) is 16.2. The van der Waals surface area contributed by atoms with Crippen LogP contribution in [-0.2, 0) is 6.54 Å². The van der Waals surface area contributed by atoms with Crippen molar-refractivity contribution < 1.29 is 9.21 Å². The average Bonchev–Trinajstić information content (AvgIpc) is 3.08. The Labute approximate surface area is 132 Å². The van der Waals surface area contributed by atoms with E-state index in [1.165, 1.54) is 12.5 Å². The third kappa shape index (κ3) is 3.18. The lowest BCUT2D eigenvalue weighted by molar-refractivity contribution is 0.0950. The molecule has 0 aliphatic carbocycles. The lowest BCUT2D eigenvalue weighted by atomic mass is 10.2. The van der Waals surface area contributed by atoms with Gasteiger partial charge in [0.15, 0.2) is 11.6 Å². The molecule has 0 atom stereocenters. The van der Waals surface area contributed by atoms with Gasteiger partial charge >= 0.3 is 0 Å². The third-order valence-electron chi connectivity index (χ3n) is 3.34. The molecule has 0 radical (unpaired) electrons. The van der Waals surface area contributed by atoms with Crippen molar-refractivity contribution >= 4 is 11.7 Å². The topological polar surface area (TPSA) is 107 Å². The number of aromatic nitrogens is 3. The van der Waals surface area contributed by atoms with Gasteiger partial charge in [-0.15, -0.1) is 0 Å². The summed E-state index contributed by atoms with van der Waals surface area (Å²) in [6, 6.07) is 7.23. The van der Waals surface area contributed by atoms with Crippen molar-refractivity contribution in [3.63, 3.8) is 0 Å². The summed E-state index contributed by atoms with van der Waals surface area (Å²) in [4.78, 5) is 24.7. The molecule has 7 heteroatoms. The Morgan fingerprint density at radius 3 is 2.87 bits per heavy atom. The van der Waals surface area contributed by atoms with E-state index in [1.807, 2.05) is 19.1 Å². The Morgan fingerprint density at radius 2 is 2.17 bits per heavy atom. The summed E-state index contributed by atoms with van der Waals surface area (Å²) in [6.07, 6.45) is 4.59. The molecule has 0 saturated heterocycles. The number of hydrogen-bond acceptors (Lipinski definition) is 6. The summed E-state index contributed by atoms with van der Waals surface area (Å²) in [6.45, 7) is 2.25. The van der Waals surface area contributed by atoms with E-state index in [-0.39, 0.29) is 17.3 Å². The molecule has 3 aromatic heterocycles. The highest BCUT2D eigenvalue weighted by Gasteiger charge is 2.14. The maximum absolute atomic E-state index is 12.2. The largest absolute Gasteiger partial charge is 0.461 e. The second kappa shape index (κ2) is 6.27. The lowest BCUT2D eigenvalue weighted by Gasteiger charge is -2.08. The highest BCUT2D eigenvalue weighted by molar-refractivity contribution is 5.98. The van der Waals surface area contributed by atoms with Crippen molar-refractivity contribution in [2.24, 2.45) is 0 Å². The van der Waals surface area contributed by atoms with Gasteiger partial charge in [-0.2, -0.15) is 0 Å². The number of hydrogen-bond donors (Lipinski definition) is 2. The molecular weight excluding hydrogens is 294 g/mol. The second-order valence-electron chi connectivity index (χ2n) is 4.92. The maximum Gasteiger partial charge on any atom is 0.256 e. The first-order chi connectivity index (χ1) is 11.1. The monoisotopic (exact) mass is 309 g/mol. The smallest absolute Gasteiger partial charge is 0.256 e. The number of nitrogens with two attached hydrogens (primary N) is 1. The summed E-state index contributed by atoms with van der Waals surface area (Å²) >= 11 is 0. The summed E-state index contributed by atoms with van der Waals surface area (Å²) in [7, 11) is 0. The highest BCUT2D eigenvalue weighted by atomic mass is 16.3. The predicted octanol–water partition coefficient (Wildman–Crippen LogP) is 1.95. The summed E-state index contributed by atoms with van der Waals surface area (Å²) < 4.78 is 5.20. The van der Waals surface area contributed by atoms with Gasteiger partial charge in [0.05, 0.1) is 24.1 Å². The molecule has 3 heterocycles. The Balaban J connectivity index is 1.74. The molecule has 3 N–H and O–H groups in total. The number of carbonyl (C=O) groups excluding carboxylic acids is 1. The van der Waals surface area contributed by atoms with Gasteiger partial charge in [-0.05, 0) is 30.7 Å². The Morgan fingerprint density at radius 1 is 1.30 bits per heavy atom. The van der Waals surface area contributed by atoms with Gasteiger partial charge in [0.2, 0.25) is 0 Å². The van der Waals surface area contributed by atoms with Crippen molar-refractivity contribution in [1.29, 1.82) is 0 Å². The van der Waals surface area contributed by atoms with Gasteiger partial charge in [-0.25, -0.2) is 9.97 Å². The first-order valence-corrected chi connectivity index (χ1v) is 7.00. The van der Waals surface area contributed by atoms with Crippen LogP contribution in [0.1, 0.15) is 21.6 Å². The van der Waals surface area contributed by atoms with E-state index in [0.717, 1.165) is 11.3 Å². The molecule has 0 aliphatic heterocycles. The highest BCUT2D eigenvalue weighted by Crippen LogP contribution is 2.18. The van der Waals surface area contributed by atoms with Crippen LogP contribution in [0.4, 0.5) is 5.82 Å². The fraction of sp³-hybridized carbons (Fsp3) is 0.125. The number of amides is 1. The van der Waals surface area contributed by atoms with Crippen LogP contribution in [0.15, 0.2) is 47.3 Å². The average molecular weight is 309 g/mol. The van der Waals surface area contributed by atoms with Crippen molar-refractivity contribution in [1.82, 2.24) is 20.3 Å². The zero-order valence-corrected chi connectivity index (χ0v) is 12.5. The molecule has 3 rings (SSSR count). The van der Waals surface area contributed by atoms with Crippen LogP contribution in [-0.4, -0.2) is 20.9 Å². The molecule has 3 aromatic rings. The minimum Gasteiger partial charge on any atom is -0.461 e. The van der Waals surface area contributed by atoms with E-state index in [4.69, 9.17) is 10.2 Å². The predicted molar refractivity (Wildman–Crippen MR) is 84.3 cm³/mol. The van der Waals surface area contributed by atoms with Crippen LogP contribution in [0.3, 0.4) is 0 Å². The van der Waals surface area contributed by atoms with Gasteiger partial charge in [0.1, 0.15) is 5.82 Å². The van der Waals surface area contributed by atoms with Crippen molar-refractivity contribution in [3.05, 3.63) is 59.7 Å². The fourth-order valence-electron chi connectivity index (χ4n) is 2.06. The number of pyridine rings is 1. The molecule has 0 unspecified atom stereocenters. The minimum absolute atomic E-state index is 0.0987. The molecule has 0 bridgehead atoms. The number of aryl methyl sites for hydroxylation is 1. The van der Waals surface area contributed by atoms with Crippen LogP contribution in [0.5, 0.6) is 0 Å². The molecule has 1 amide bonds. The maximum atomic E-state index is 12.2.